The second-order valence-electron chi connectivity index (χ2n) is 3.70. The van der Waals surface area contributed by atoms with Crippen LogP contribution in [-0.4, -0.2) is 15.0 Å². The molecule has 0 saturated heterocycles. The molecule has 3 aromatic rings. The van der Waals surface area contributed by atoms with E-state index < -0.39 is 0 Å². The minimum atomic E-state index is 0.474. The summed E-state index contributed by atoms with van der Waals surface area (Å²) in [4.78, 5) is 12.1. The van der Waals surface area contributed by atoms with Crippen LogP contribution in [0.4, 0.5) is 5.69 Å². The smallest absolute Gasteiger partial charge is 0.222 e. The summed E-state index contributed by atoms with van der Waals surface area (Å²) in [6, 6.07) is 9.01. The Morgan fingerprint density at radius 2 is 1.94 bits per heavy atom. The van der Waals surface area contributed by atoms with E-state index in [9.17, 15) is 0 Å². The van der Waals surface area contributed by atoms with Gasteiger partial charge in [-0.15, -0.1) is 0 Å². The maximum absolute atomic E-state index is 5.90. The van der Waals surface area contributed by atoms with Crippen LogP contribution in [0.5, 0.6) is 11.6 Å². The first-order chi connectivity index (χ1) is 8.84. The Balaban J connectivity index is 2.10. The molecule has 0 amide bonds. The summed E-state index contributed by atoms with van der Waals surface area (Å²) in [5, 5.41) is 0.865. The maximum Gasteiger partial charge on any atom is 0.222 e. The molecule has 0 saturated carbocycles. The third-order valence-electron chi connectivity index (χ3n) is 2.54. The minimum absolute atomic E-state index is 0.474. The van der Waals surface area contributed by atoms with Crippen molar-refractivity contribution in [2.24, 2.45) is 0 Å². The molecule has 0 radical (unpaired) electrons. The normalized spacial score (nSPS) is 10.4. The minimum Gasteiger partial charge on any atom is -0.437 e. The largest absolute Gasteiger partial charge is 0.437 e. The first-order valence-electron chi connectivity index (χ1n) is 5.41. The molecule has 1 aromatic carbocycles. The molecule has 0 aliphatic carbocycles. The van der Waals surface area contributed by atoms with Gasteiger partial charge in [0.25, 0.3) is 0 Å². The summed E-state index contributed by atoms with van der Waals surface area (Å²) in [6.45, 7) is 0. The van der Waals surface area contributed by atoms with Crippen molar-refractivity contribution in [2.45, 2.75) is 0 Å². The van der Waals surface area contributed by atoms with E-state index in [0.29, 0.717) is 17.3 Å². The molecule has 0 fully saturated rings. The van der Waals surface area contributed by atoms with Crippen molar-refractivity contribution in [3.63, 3.8) is 0 Å². The van der Waals surface area contributed by atoms with Gasteiger partial charge in [0.05, 0.1) is 0 Å². The molecule has 0 atom stereocenters. The molecule has 5 nitrogen and oxygen atoms in total. The Labute approximate surface area is 103 Å². The lowest BCUT2D eigenvalue weighted by Gasteiger charge is -2.08. The number of fused-ring (bicyclic) bond motifs is 1. The molecule has 0 aliphatic rings. The molecule has 88 valence electrons. The van der Waals surface area contributed by atoms with Gasteiger partial charge in [-0.05, 0) is 24.3 Å². The van der Waals surface area contributed by atoms with E-state index >= 15 is 0 Å². The third kappa shape index (κ3) is 1.82. The van der Waals surface area contributed by atoms with Crippen molar-refractivity contribution in [1.82, 2.24) is 15.0 Å². The van der Waals surface area contributed by atoms with Crippen molar-refractivity contribution < 1.29 is 4.74 Å². The highest BCUT2D eigenvalue weighted by Crippen LogP contribution is 2.30. The zero-order chi connectivity index (χ0) is 12.4. The van der Waals surface area contributed by atoms with Crippen LogP contribution in [0, 0.1) is 0 Å². The maximum atomic E-state index is 5.90. The van der Waals surface area contributed by atoms with Crippen LogP contribution < -0.4 is 10.5 Å². The Hall–Kier alpha value is -2.69. The number of aromatic nitrogens is 3. The van der Waals surface area contributed by atoms with E-state index in [2.05, 4.69) is 15.0 Å². The fraction of sp³-hybridized carbons (Fsp3) is 0. The molecule has 0 aliphatic heterocycles. The molecular weight excluding hydrogens is 228 g/mol. The highest BCUT2D eigenvalue weighted by atomic mass is 16.5. The first-order valence-corrected chi connectivity index (χ1v) is 5.41. The van der Waals surface area contributed by atoms with E-state index in [0.717, 1.165) is 10.9 Å². The topological polar surface area (TPSA) is 73.9 Å². The number of nitrogens with zero attached hydrogens (tertiary/aromatic N) is 3. The second kappa shape index (κ2) is 4.29. The van der Waals surface area contributed by atoms with Gasteiger partial charge in [0, 0.05) is 29.5 Å². The number of anilines is 1. The summed E-state index contributed by atoms with van der Waals surface area (Å²) in [5.41, 5.74) is 7.29. The van der Waals surface area contributed by atoms with Crippen LogP contribution in [-0.2, 0) is 0 Å². The Morgan fingerprint density at radius 1 is 1.00 bits per heavy atom. The quantitative estimate of drug-likeness (QED) is 0.694. The van der Waals surface area contributed by atoms with E-state index in [1.54, 1.807) is 30.6 Å². The number of nitrogen functional groups attached to an aromatic ring is 1. The van der Waals surface area contributed by atoms with Gasteiger partial charge < -0.3 is 10.5 Å². The lowest BCUT2D eigenvalue weighted by Crippen LogP contribution is -1.93. The van der Waals surface area contributed by atoms with Crippen molar-refractivity contribution in [3.8, 4) is 11.6 Å². The number of benzene rings is 1. The third-order valence-corrected chi connectivity index (χ3v) is 2.54. The van der Waals surface area contributed by atoms with Crippen molar-refractivity contribution in [3.05, 3.63) is 49.1 Å². The van der Waals surface area contributed by atoms with Crippen LogP contribution in [0.3, 0.4) is 0 Å². The SMILES string of the molecule is Nc1ccc(Oc2ccncn2)c2ncccc12. The molecule has 2 aromatic heterocycles. The van der Waals surface area contributed by atoms with Gasteiger partial charge in [0.15, 0.2) is 5.75 Å². The molecule has 5 heteroatoms. The molecule has 0 unspecified atom stereocenters. The van der Waals surface area contributed by atoms with E-state index in [1.807, 2.05) is 12.1 Å². The van der Waals surface area contributed by atoms with E-state index in [-0.39, 0.29) is 0 Å². The highest BCUT2D eigenvalue weighted by molar-refractivity contribution is 5.94. The average Bonchev–Trinajstić information content (AvgIpc) is 2.44. The first kappa shape index (κ1) is 10.5. The number of hydrogen-bond donors (Lipinski definition) is 1. The summed E-state index contributed by atoms with van der Waals surface area (Å²) in [5.74, 6) is 1.10. The molecule has 0 spiro atoms. The van der Waals surface area contributed by atoms with Gasteiger partial charge >= 0.3 is 0 Å². The number of nitrogens with two attached hydrogens (primary N) is 1. The molecule has 2 N–H and O–H groups in total. The van der Waals surface area contributed by atoms with Crippen molar-refractivity contribution in [2.75, 3.05) is 5.73 Å². The summed E-state index contributed by atoms with van der Waals surface area (Å²) in [7, 11) is 0. The Bertz CT molecular complexity index is 685. The number of hydrogen-bond acceptors (Lipinski definition) is 5. The van der Waals surface area contributed by atoms with Crippen LogP contribution in [0.2, 0.25) is 0 Å². The van der Waals surface area contributed by atoms with E-state index in [4.69, 9.17) is 10.5 Å². The lowest BCUT2D eigenvalue weighted by molar-refractivity contribution is 0.465. The number of ether oxygens (including phenoxy) is 1. The van der Waals surface area contributed by atoms with E-state index in [1.165, 1.54) is 6.33 Å². The van der Waals surface area contributed by atoms with Crippen LogP contribution in [0.15, 0.2) is 49.1 Å². The predicted molar refractivity (Wildman–Crippen MR) is 68.3 cm³/mol. The van der Waals surface area contributed by atoms with Gasteiger partial charge in [-0.1, -0.05) is 0 Å². The summed E-state index contributed by atoms with van der Waals surface area (Å²) in [6.07, 6.45) is 4.76. The van der Waals surface area contributed by atoms with Gasteiger partial charge in [-0.3, -0.25) is 4.98 Å². The van der Waals surface area contributed by atoms with Crippen molar-refractivity contribution in [1.29, 1.82) is 0 Å². The predicted octanol–water partition coefficient (Wildman–Crippen LogP) is 2.40. The standard InChI is InChI=1S/C13H10N4O/c14-10-3-4-11(13-9(10)2-1-6-16-13)18-12-5-7-15-8-17-12/h1-8H,14H2. The van der Waals surface area contributed by atoms with Crippen molar-refractivity contribution >= 4 is 16.6 Å². The monoisotopic (exact) mass is 238 g/mol. The number of rotatable bonds is 2. The molecule has 3 rings (SSSR count). The average molecular weight is 238 g/mol. The molecule has 2 heterocycles. The fourth-order valence-electron chi connectivity index (χ4n) is 1.70. The van der Waals surface area contributed by atoms with Gasteiger partial charge in [0.1, 0.15) is 11.8 Å². The van der Waals surface area contributed by atoms with Gasteiger partial charge in [0.2, 0.25) is 5.88 Å². The number of pyridine rings is 1. The zero-order valence-corrected chi connectivity index (χ0v) is 9.45. The summed E-state index contributed by atoms with van der Waals surface area (Å²) >= 11 is 0. The summed E-state index contributed by atoms with van der Waals surface area (Å²) < 4.78 is 5.68. The molecule has 0 bridgehead atoms. The fourth-order valence-corrected chi connectivity index (χ4v) is 1.70. The lowest BCUT2D eigenvalue weighted by atomic mass is 10.2. The molecular formula is C13H10N4O. The zero-order valence-electron chi connectivity index (χ0n) is 9.45. The second-order valence-corrected chi connectivity index (χ2v) is 3.70. The Kier molecular flexibility index (Phi) is 2.49. The molecule has 18 heavy (non-hydrogen) atoms. The van der Waals surface area contributed by atoms with Crippen LogP contribution >= 0.6 is 0 Å². The highest BCUT2D eigenvalue weighted by Gasteiger charge is 2.07. The Morgan fingerprint density at radius 3 is 2.78 bits per heavy atom. The van der Waals surface area contributed by atoms with Crippen LogP contribution in [0.1, 0.15) is 0 Å². The van der Waals surface area contributed by atoms with Crippen LogP contribution in [0.25, 0.3) is 10.9 Å². The van der Waals surface area contributed by atoms with Gasteiger partial charge in [-0.2, -0.15) is 0 Å². The van der Waals surface area contributed by atoms with Gasteiger partial charge in [-0.25, -0.2) is 9.97 Å².